The van der Waals surface area contributed by atoms with Crippen LogP contribution in [0.15, 0.2) is 35.2 Å². The Balaban J connectivity index is 2.41. The summed E-state index contributed by atoms with van der Waals surface area (Å²) in [6.07, 6.45) is 2.15. The molecule has 1 aromatic rings. The molecule has 0 saturated carbocycles. The van der Waals surface area contributed by atoms with Crippen LogP contribution in [0.25, 0.3) is 0 Å². The fourth-order valence-electron chi connectivity index (χ4n) is 3.67. The molecule has 0 amide bonds. The zero-order chi connectivity index (χ0) is 19.3. The van der Waals surface area contributed by atoms with E-state index in [-0.39, 0.29) is 29.8 Å². The van der Waals surface area contributed by atoms with Gasteiger partial charge in [-0.3, -0.25) is 0 Å². The minimum absolute atomic E-state index is 0.0352. The molecule has 1 saturated heterocycles. The number of ether oxygens (including phenoxy) is 2. The molecule has 0 N–H and O–H groups in total. The maximum absolute atomic E-state index is 12.8. The van der Waals surface area contributed by atoms with Crippen molar-refractivity contribution in [3.63, 3.8) is 0 Å². The first-order valence-corrected chi connectivity index (χ1v) is 10.2. The van der Waals surface area contributed by atoms with Crippen LogP contribution >= 0.6 is 11.8 Å². The predicted octanol–water partition coefficient (Wildman–Crippen LogP) is 4.57. The number of methoxy groups -OCH3 is 1. The van der Waals surface area contributed by atoms with Gasteiger partial charge in [0, 0.05) is 17.2 Å². The molecule has 1 unspecified atom stereocenters. The van der Waals surface area contributed by atoms with Gasteiger partial charge in [0.25, 0.3) is 0 Å². The molecule has 0 aliphatic carbocycles. The molecule has 0 bridgehead atoms. The van der Waals surface area contributed by atoms with Crippen molar-refractivity contribution in [1.29, 1.82) is 0 Å². The van der Waals surface area contributed by atoms with Gasteiger partial charge in [-0.2, -0.15) is 0 Å². The molecule has 0 radical (unpaired) electrons. The van der Waals surface area contributed by atoms with Crippen molar-refractivity contribution in [2.45, 2.75) is 56.5 Å². The van der Waals surface area contributed by atoms with E-state index in [9.17, 15) is 9.59 Å². The summed E-state index contributed by atoms with van der Waals surface area (Å²) >= 11 is 1.39. The van der Waals surface area contributed by atoms with Crippen LogP contribution in [0.3, 0.4) is 0 Å². The lowest BCUT2D eigenvalue weighted by Crippen LogP contribution is -2.54. The second-order valence-corrected chi connectivity index (χ2v) is 8.72. The quantitative estimate of drug-likeness (QED) is 0.514. The summed E-state index contributed by atoms with van der Waals surface area (Å²) in [5.41, 5.74) is 0. The molecule has 6 atom stereocenters. The molecule has 1 aromatic carbocycles. The molecule has 4 nitrogen and oxygen atoms in total. The lowest BCUT2D eigenvalue weighted by atomic mass is 9.75. The number of thioether (sulfide) groups is 1. The van der Waals surface area contributed by atoms with Crippen molar-refractivity contribution in [3.05, 3.63) is 30.3 Å². The normalized spacial score (nSPS) is 31.0. The minimum Gasteiger partial charge on any atom is -0.466 e. The predicted molar refractivity (Wildman–Crippen MR) is 104 cm³/mol. The van der Waals surface area contributed by atoms with Gasteiger partial charge in [-0.25, -0.2) is 4.79 Å². The number of carbonyl (C=O) groups is 2. The van der Waals surface area contributed by atoms with E-state index in [1.165, 1.54) is 18.9 Å². The Kier molecular flexibility index (Phi) is 7.30. The van der Waals surface area contributed by atoms with Crippen molar-refractivity contribution >= 4 is 24.0 Å². The molecular formula is C21H30O4S. The lowest BCUT2D eigenvalue weighted by Gasteiger charge is -2.47. The summed E-state index contributed by atoms with van der Waals surface area (Å²) in [6, 6.07) is 9.74. The zero-order valence-corrected chi connectivity index (χ0v) is 17.1. The van der Waals surface area contributed by atoms with Crippen molar-refractivity contribution in [1.82, 2.24) is 0 Å². The molecule has 0 spiro atoms. The Bertz CT molecular complexity index is 605. The first-order chi connectivity index (χ1) is 12.4. The van der Waals surface area contributed by atoms with E-state index in [0.29, 0.717) is 12.3 Å². The third-order valence-electron chi connectivity index (χ3n) is 5.69. The van der Waals surface area contributed by atoms with E-state index < -0.39 is 4.93 Å². The van der Waals surface area contributed by atoms with Gasteiger partial charge in [0.1, 0.15) is 6.29 Å². The van der Waals surface area contributed by atoms with Crippen LogP contribution in [-0.2, 0) is 19.1 Å². The number of carbonyl (C=O) groups excluding carboxylic acids is 2. The highest BCUT2D eigenvalue weighted by Crippen LogP contribution is 2.49. The first-order valence-electron chi connectivity index (χ1n) is 9.34. The molecule has 5 heteroatoms. The second kappa shape index (κ2) is 9.05. The Morgan fingerprint density at radius 1 is 1.38 bits per heavy atom. The molecule has 1 heterocycles. The van der Waals surface area contributed by atoms with Crippen LogP contribution in [0.5, 0.6) is 0 Å². The molecule has 1 aliphatic heterocycles. The lowest BCUT2D eigenvalue weighted by molar-refractivity contribution is -0.188. The van der Waals surface area contributed by atoms with Gasteiger partial charge < -0.3 is 14.3 Å². The summed E-state index contributed by atoms with van der Waals surface area (Å²) < 4.78 is 11.6. The maximum atomic E-state index is 12.8. The van der Waals surface area contributed by atoms with E-state index in [4.69, 9.17) is 9.47 Å². The van der Waals surface area contributed by atoms with E-state index in [1.807, 2.05) is 37.3 Å². The van der Waals surface area contributed by atoms with E-state index in [0.717, 1.165) is 17.6 Å². The summed E-state index contributed by atoms with van der Waals surface area (Å²) in [6.45, 7) is 8.44. The number of benzene rings is 1. The fraction of sp³-hybridized carbons (Fsp3) is 0.619. The maximum Gasteiger partial charge on any atom is 0.349 e. The monoisotopic (exact) mass is 378 g/mol. The average Bonchev–Trinajstić information content (AvgIpc) is 2.66. The first kappa shape index (κ1) is 21.0. The van der Waals surface area contributed by atoms with Gasteiger partial charge in [0.15, 0.2) is 0 Å². The van der Waals surface area contributed by atoms with Crippen molar-refractivity contribution < 1.29 is 19.1 Å². The van der Waals surface area contributed by atoms with Crippen molar-refractivity contribution in [3.8, 4) is 0 Å². The van der Waals surface area contributed by atoms with Gasteiger partial charge in [-0.1, -0.05) is 64.1 Å². The topological polar surface area (TPSA) is 52.6 Å². The minimum atomic E-state index is -1.12. The summed E-state index contributed by atoms with van der Waals surface area (Å²) in [5, 5.41) is 0. The summed E-state index contributed by atoms with van der Waals surface area (Å²) in [5.74, 6) is -0.00620. The van der Waals surface area contributed by atoms with E-state index >= 15 is 0 Å². The van der Waals surface area contributed by atoms with Crippen LogP contribution in [0.4, 0.5) is 0 Å². The third-order valence-corrected chi connectivity index (χ3v) is 6.96. The Hall–Kier alpha value is -1.33. The van der Waals surface area contributed by atoms with Crippen LogP contribution in [0, 0.1) is 23.7 Å². The number of hydrogen-bond donors (Lipinski definition) is 0. The van der Waals surface area contributed by atoms with Gasteiger partial charge >= 0.3 is 5.97 Å². The molecule has 1 aliphatic rings. The summed E-state index contributed by atoms with van der Waals surface area (Å²) in [7, 11) is 1.39. The number of rotatable bonds is 7. The van der Waals surface area contributed by atoms with Gasteiger partial charge in [0.05, 0.1) is 13.2 Å². The van der Waals surface area contributed by atoms with Gasteiger partial charge in [-0.05, 0) is 29.9 Å². The smallest absolute Gasteiger partial charge is 0.349 e. The van der Waals surface area contributed by atoms with Crippen LogP contribution < -0.4 is 0 Å². The number of aldehydes is 1. The SMILES string of the molecule is CC[C@@H](C)[C@@H](C)C1O[C@](Sc2ccccc2)(C(=O)OC)C[C@@H](C)[C@H]1C=O. The van der Waals surface area contributed by atoms with Gasteiger partial charge in [-0.15, -0.1) is 0 Å². The Labute approximate surface area is 161 Å². The number of hydrogen-bond acceptors (Lipinski definition) is 5. The largest absolute Gasteiger partial charge is 0.466 e. The molecule has 144 valence electrons. The van der Waals surface area contributed by atoms with Crippen LogP contribution in [0.2, 0.25) is 0 Å². The van der Waals surface area contributed by atoms with Crippen molar-refractivity contribution in [2.24, 2.45) is 23.7 Å². The van der Waals surface area contributed by atoms with Crippen LogP contribution in [-0.4, -0.2) is 30.4 Å². The van der Waals surface area contributed by atoms with E-state index in [2.05, 4.69) is 20.8 Å². The molecule has 2 rings (SSSR count). The van der Waals surface area contributed by atoms with E-state index in [1.54, 1.807) is 0 Å². The highest BCUT2D eigenvalue weighted by Gasteiger charge is 2.53. The Morgan fingerprint density at radius 2 is 2.04 bits per heavy atom. The zero-order valence-electron chi connectivity index (χ0n) is 16.3. The standard InChI is InChI=1S/C21H30O4S/c1-6-14(2)16(4)19-18(13-22)15(3)12-21(25-19,20(23)24-5)26-17-10-8-7-9-11-17/h7-11,13-16,18-19H,6,12H2,1-5H3/t14-,15-,16-,18-,19?,21-/m1/s1. The highest BCUT2D eigenvalue weighted by molar-refractivity contribution is 8.01. The fourth-order valence-corrected chi connectivity index (χ4v) is 5.01. The van der Waals surface area contributed by atoms with Crippen molar-refractivity contribution in [2.75, 3.05) is 7.11 Å². The summed E-state index contributed by atoms with van der Waals surface area (Å²) in [4.78, 5) is 24.4. The molecular weight excluding hydrogens is 348 g/mol. The number of esters is 1. The molecule has 1 fully saturated rings. The van der Waals surface area contributed by atoms with Crippen LogP contribution in [0.1, 0.15) is 40.5 Å². The molecule has 0 aromatic heterocycles. The van der Waals surface area contributed by atoms with Gasteiger partial charge in [0.2, 0.25) is 4.93 Å². The average molecular weight is 379 g/mol. The molecule has 26 heavy (non-hydrogen) atoms. The third kappa shape index (κ3) is 4.32. The second-order valence-electron chi connectivity index (χ2n) is 7.38. The highest BCUT2D eigenvalue weighted by atomic mass is 32.2. The Morgan fingerprint density at radius 3 is 2.58 bits per heavy atom.